The fraction of sp³-hybridized carbons (Fsp3) is 0.562. The molecule has 2 saturated carbocycles. The third-order valence-corrected chi connectivity index (χ3v) is 4.79. The highest BCUT2D eigenvalue weighted by atomic mass is 16.1. The zero-order valence-electron chi connectivity index (χ0n) is 11.0. The molecule has 0 radical (unpaired) electrons. The molecule has 96 valence electrons. The molecule has 3 rings (SSSR count). The van der Waals surface area contributed by atoms with E-state index >= 15 is 0 Å². The van der Waals surface area contributed by atoms with Gasteiger partial charge in [-0.15, -0.1) is 0 Å². The van der Waals surface area contributed by atoms with Crippen molar-refractivity contribution in [3.63, 3.8) is 0 Å². The summed E-state index contributed by atoms with van der Waals surface area (Å²) in [5, 5.41) is 3.13. The van der Waals surface area contributed by atoms with E-state index in [1.807, 2.05) is 12.1 Å². The average Bonchev–Trinajstić information content (AvgIpc) is 2.99. The van der Waals surface area contributed by atoms with Crippen molar-refractivity contribution in [2.24, 2.45) is 17.8 Å². The summed E-state index contributed by atoms with van der Waals surface area (Å²) in [7, 11) is 0. The zero-order valence-corrected chi connectivity index (χ0v) is 11.0. The van der Waals surface area contributed by atoms with Gasteiger partial charge in [-0.2, -0.15) is 0 Å². The highest BCUT2D eigenvalue weighted by Gasteiger charge is 2.42. The topological polar surface area (TPSA) is 29.1 Å². The molecule has 2 fully saturated rings. The van der Waals surface area contributed by atoms with Crippen molar-refractivity contribution in [1.82, 2.24) is 5.32 Å². The van der Waals surface area contributed by atoms with Gasteiger partial charge in [-0.25, -0.2) is 0 Å². The average molecular weight is 243 g/mol. The van der Waals surface area contributed by atoms with Crippen LogP contribution in [-0.4, -0.2) is 5.91 Å². The summed E-state index contributed by atoms with van der Waals surface area (Å²) in [5.74, 6) is 2.09. The van der Waals surface area contributed by atoms with E-state index in [0.29, 0.717) is 18.4 Å². The van der Waals surface area contributed by atoms with E-state index in [9.17, 15) is 4.79 Å². The van der Waals surface area contributed by atoms with Crippen LogP contribution in [0.4, 0.5) is 0 Å². The lowest BCUT2D eigenvalue weighted by Gasteiger charge is -2.21. The summed E-state index contributed by atoms with van der Waals surface area (Å²) in [6.07, 6.45) is 5.05. The predicted octanol–water partition coefficient (Wildman–Crippen LogP) is 3.05. The number of fused-ring (bicyclic) bond motifs is 2. The zero-order chi connectivity index (χ0) is 12.5. The van der Waals surface area contributed by atoms with Crippen LogP contribution in [-0.2, 0) is 11.3 Å². The summed E-state index contributed by atoms with van der Waals surface area (Å²) in [5.41, 5.74) is 2.49. The quantitative estimate of drug-likeness (QED) is 0.868. The minimum Gasteiger partial charge on any atom is -0.352 e. The maximum absolute atomic E-state index is 12.2. The number of amides is 1. The van der Waals surface area contributed by atoms with Crippen molar-refractivity contribution in [2.45, 2.75) is 39.2 Å². The molecule has 1 N–H and O–H groups in total. The summed E-state index contributed by atoms with van der Waals surface area (Å²) < 4.78 is 0. The van der Waals surface area contributed by atoms with Gasteiger partial charge in [-0.1, -0.05) is 30.7 Å². The Kier molecular flexibility index (Phi) is 3.11. The molecule has 0 spiro atoms. The molecular weight excluding hydrogens is 222 g/mol. The predicted molar refractivity (Wildman–Crippen MR) is 72.0 cm³/mol. The van der Waals surface area contributed by atoms with Crippen LogP contribution in [0.5, 0.6) is 0 Å². The Morgan fingerprint density at radius 3 is 2.78 bits per heavy atom. The molecule has 2 aliphatic carbocycles. The van der Waals surface area contributed by atoms with Crippen molar-refractivity contribution >= 4 is 5.91 Å². The van der Waals surface area contributed by atoms with Gasteiger partial charge in [0.15, 0.2) is 0 Å². The number of hydrogen-bond acceptors (Lipinski definition) is 1. The van der Waals surface area contributed by atoms with Crippen molar-refractivity contribution in [1.29, 1.82) is 0 Å². The number of aryl methyl sites for hydroxylation is 1. The Morgan fingerprint density at radius 1 is 1.28 bits per heavy atom. The van der Waals surface area contributed by atoms with Gasteiger partial charge >= 0.3 is 0 Å². The summed E-state index contributed by atoms with van der Waals surface area (Å²) in [6.45, 7) is 2.78. The van der Waals surface area contributed by atoms with Crippen molar-refractivity contribution in [3.05, 3.63) is 35.4 Å². The summed E-state index contributed by atoms with van der Waals surface area (Å²) in [6, 6.07) is 8.26. The van der Waals surface area contributed by atoms with Crippen LogP contribution in [0.15, 0.2) is 24.3 Å². The van der Waals surface area contributed by atoms with Gasteiger partial charge in [0.25, 0.3) is 0 Å². The number of hydrogen-bond donors (Lipinski definition) is 1. The molecule has 0 aliphatic heterocycles. The van der Waals surface area contributed by atoms with Crippen molar-refractivity contribution in [2.75, 3.05) is 0 Å². The van der Waals surface area contributed by atoms with Crippen LogP contribution < -0.4 is 5.32 Å². The van der Waals surface area contributed by atoms with E-state index in [2.05, 4.69) is 24.4 Å². The second kappa shape index (κ2) is 4.75. The molecular formula is C16H21NO. The number of carbonyl (C=O) groups is 1. The third-order valence-electron chi connectivity index (χ3n) is 4.79. The normalized spacial score (nSPS) is 29.5. The molecule has 0 heterocycles. The maximum Gasteiger partial charge on any atom is 0.223 e. The molecule has 3 atom stereocenters. The number of carbonyl (C=O) groups excluding carboxylic acids is 1. The molecule has 18 heavy (non-hydrogen) atoms. The van der Waals surface area contributed by atoms with Gasteiger partial charge in [0.05, 0.1) is 0 Å². The monoisotopic (exact) mass is 243 g/mol. The van der Waals surface area contributed by atoms with Gasteiger partial charge in [-0.05, 0) is 49.1 Å². The first-order chi connectivity index (χ1) is 8.74. The summed E-state index contributed by atoms with van der Waals surface area (Å²) >= 11 is 0. The molecule has 2 bridgehead atoms. The van der Waals surface area contributed by atoms with Crippen LogP contribution in [0, 0.1) is 24.7 Å². The maximum atomic E-state index is 12.2. The second-order valence-corrected chi connectivity index (χ2v) is 5.93. The van der Waals surface area contributed by atoms with Gasteiger partial charge in [0.2, 0.25) is 5.91 Å². The SMILES string of the molecule is Cc1ccccc1CNC(=O)C1CC2CCC1C2. The Bertz CT molecular complexity index is 454. The molecule has 3 unspecified atom stereocenters. The first-order valence-corrected chi connectivity index (χ1v) is 7.06. The van der Waals surface area contributed by atoms with E-state index < -0.39 is 0 Å². The molecule has 0 saturated heterocycles. The highest BCUT2D eigenvalue weighted by molar-refractivity contribution is 5.79. The van der Waals surface area contributed by atoms with Gasteiger partial charge < -0.3 is 5.32 Å². The van der Waals surface area contributed by atoms with Crippen LogP contribution >= 0.6 is 0 Å². The van der Waals surface area contributed by atoms with E-state index in [-0.39, 0.29) is 5.91 Å². The molecule has 1 aromatic carbocycles. The van der Waals surface area contributed by atoms with Crippen LogP contribution in [0.1, 0.15) is 36.8 Å². The third kappa shape index (κ3) is 2.16. The standard InChI is InChI=1S/C16H21NO/c1-11-4-2-3-5-14(11)10-17-16(18)15-9-12-6-7-13(15)8-12/h2-5,12-13,15H,6-10H2,1H3,(H,17,18). The van der Waals surface area contributed by atoms with Gasteiger partial charge in [0, 0.05) is 12.5 Å². The van der Waals surface area contributed by atoms with E-state index in [1.165, 1.54) is 30.4 Å². The Balaban J connectivity index is 1.58. The molecule has 0 aromatic heterocycles. The fourth-order valence-corrected chi connectivity index (χ4v) is 3.69. The van der Waals surface area contributed by atoms with Crippen LogP contribution in [0.25, 0.3) is 0 Å². The van der Waals surface area contributed by atoms with E-state index in [0.717, 1.165) is 12.3 Å². The minimum absolute atomic E-state index is 0.283. The molecule has 2 aliphatic rings. The summed E-state index contributed by atoms with van der Waals surface area (Å²) in [4.78, 5) is 12.2. The lowest BCUT2D eigenvalue weighted by molar-refractivity contribution is -0.126. The van der Waals surface area contributed by atoms with Gasteiger partial charge in [-0.3, -0.25) is 4.79 Å². The smallest absolute Gasteiger partial charge is 0.223 e. The van der Waals surface area contributed by atoms with Crippen molar-refractivity contribution < 1.29 is 4.79 Å². The second-order valence-electron chi connectivity index (χ2n) is 5.93. The lowest BCUT2D eigenvalue weighted by atomic mass is 9.88. The van der Waals surface area contributed by atoms with Crippen LogP contribution in [0.2, 0.25) is 0 Å². The number of rotatable bonds is 3. The van der Waals surface area contributed by atoms with E-state index in [4.69, 9.17) is 0 Å². The first kappa shape index (κ1) is 11.8. The molecule has 1 aromatic rings. The van der Waals surface area contributed by atoms with Crippen LogP contribution in [0.3, 0.4) is 0 Å². The Morgan fingerprint density at radius 2 is 2.11 bits per heavy atom. The van der Waals surface area contributed by atoms with Crippen molar-refractivity contribution in [3.8, 4) is 0 Å². The molecule has 2 nitrogen and oxygen atoms in total. The van der Waals surface area contributed by atoms with Gasteiger partial charge in [0.1, 0.15) is 0 Å². The Labute approximate surface area is 109 Å². The fourth-order valence-electron chi connectivity index (χ4n) is 3.69. The number of benzene rings is 1. The first-order valence-electron chi connectivity index (χ1n) is 7.06. The molecule has 1 amide bonds. The highest BCUT2D eigenvalue weighted by Crippen LogP contribution is 2.48. The Hall–Kier alpha value is -1.31. The molecule has 2 heteroatoms. The largest absolute Gasteiger partial charge is 0.352 e. The number of nitrogens with one attached hydrogen (secondary N) is 1. The minimum atomic E-state index is 0.283. The lowest BCUT2D eigenvalue weighted by Crippen LogP contribution is -2.33. The van der Waals surface area contributed by atoms with E-state index in [1.54, 1.807) is 0 Å².